The number of rotatable bonds is 3. The molecule has 106 valence electrons. The van der Waals surface area contributed by atoms with Crippen LogP contribution < -0.4 is 10.3 Å². The van der Waals surface area contributed by atoms with E-state index in [0.717, 1.165) is 12.3 Å². The Bertz CT molecular complexity index is 756. The Morgan fingerprint density at radius 3 is 2.75 bits per heavy atom. The van der Waals surface area contributed by atoms with Gasteiger partial charge in [-0.25, -0.2) is 4.98 Å². The number of aromatic nitrogens is 2. The van der Waals surface area contributed by atoms with Gasteiger partial charge in [0.2, 0.25) is 5.15 Å². The fraction of sp³-hybridized carbons (Fsp3) is 0.200. The minimum Gasteiger partial charge on any atom is -0.429 e. The standard InChI is InChI=1S/C10H6ClF2N3O4/c1-10(12,13)20-5-3-2-4-15-8(5)14-7(11)6(9(15)17)16(18)19/h2-4H,1H3. The van der Waals surface area contributed by atoms with E-state index >= 15 is 0 Å². The summed E-state index contributed by atoms with van der Waals surface area (Å²) < 4.78 is 30.8. The van der Waals surface area contributed by atoms with Gasteiger partial charge in [0.1, 0.15) is 0 Å². The Balaban J connectivity index is 2.78. The van der Waals surface area contributed by atoms with E-state index in [1.54, 1.807) is 0 Å². The largest absolute Gasteiger partial charge is 0.429 e. The second kappa shape index (κ2) is 4.67. The third-order valence-corrected chi connectivity index (χ3v) is 2.49. The Morgan fingerprint density at radius 2 is 2.20 bits per heavy atom. The van der Waals surface area contributed by atoms with Gasteiger partial charge in [0.25, 0.3) is 0 Å². The zero-order valence-electron chi connectivity index (χ0n) is 9.84. The monoisotopic (exact) mass is 305 g/mol. The van der Waals surface area contributed by atoms with Crippen molar-refractivity contribution < 1.29 is 18.4 Å². The maximum Gasteiger partial charge on any atom is 0.395 e. The molecule has 0 aliphatic carbocycles. The molecule has 0 N–H and O–H groups in total. The van der Waals surface area contributed by atoms with Gasteiger partial charge in [0, 0.05) is 13.1 Å². The lowest BCUT2D eigenvalue weighted by Gasteiger charge is -2.14. The first-order valence-corrected chi connectivity index (χ1v) is 5.50. The molecule has 0 radical (unpaired) electrons. The van der Waals surface area contributed by atoms with E-state index < -0.39 is 33.2 Å². The van der Waals surface area contributed by atoms with Crippen LogP contribution in [0.1, 0.15) is 6.92 Å². The van der Waals surface area contributed by atoms with Gasteiger partial charge < -0.3 is 4.74 Å². The molecule has 0 unspecified atom stereocenters. The lowest BCUT2D eigenvalue weighted by atomic mass is 10.4. The highest BCUT2D eigenvalue weighted by molar-refractivity contribution is 6.31. The predicted molar refractivity (Wildman–Crippen MR) is 64.4 cm³/mol. The molecule has 0 saturated heterocycles. The average molecular weight is 306 g/mol. The van der Waals surface area contributed by atoms with Gasteiger partial charge in [-0.2, -0.15) is 8.78 Å². The van der Waals surface area contributed by atoms with Crippen LogP contribution in [0.3, 0.4) is 0 Å². The summed E-state index contributed by atoms with van der Waals surface area (Å²) in [6, 6.07) is 2.36. The van der Waals surface area contributed by atoms with Gasteiger partial charge >= 0.3 is 17.4 Å². The third kappa shape index (κ3) is 2.52. The molecule has 0 spiro atoms. The van der Waals surface area contributed by atoms with Crippen molar-refractivity contribution >= 4 is 22.9 Å². The molecule has 0 aliphatic heterocycles. The number of halogens is 3. The van der Waals surface area contributed by atoms with Crippen molar-refractivity contribution in [1.82, 2.24) is 9.38 Å². The lowest BCUT2D eigenvalue weighted by molar-refractivity contribution is -0.386. The first-order chi connectivity index (χ1) is 9.20. The maximum atomic E-state index is 12.9. The highest BCUT2D eigenvalue weighted by Gasteiger charge is 2.27. The van der Waals surface area contributed by atoms with Crippen molar-refractivity contribution in [3.05, 3.63) is 44.0 Å². The summed E-state index contributed by atoms with van der Waals surface area (Å²) in [5.41, 5.74) is -2.37. The molecule has 7 nitrogen and oxygen atoms in total. The van der Waals surface area contributed by atoms with Crippen LogP contribution >= 0.6 is 11.6 Å². The van der Waals surface area contributed by atoms with Gasteiger partial charge in [-0.1, -0.05) is 11.6 Å². The molecule has 10 heteroatoms. The lowest BCUT2D eigenvalue weighted by Crippen LogP contribution is -2.23. The fourth-order valence-electron chi connectivity index (χ4n) is 1.53. The summed E-state index contributed by atoms with van der Waals surface area (Å²) in [5, 5.41) is 10.0. The van der Waals surface area contributed by atoms with Gasteiger partial charge in [0.05, 0.1) is 4.92 Å². The molecular formula is C10H6ClF2N3O4. The first-order valence-electron chi connectivity index (χ1n) is 5.13. The van der Waals surface area contributed by atoms with Crippen molar-refractivity contribution in [2.24, 2.45) is 0 Å². The van der Waals surface area contributed by atoms with Crippen molar-refractivity contribution in [2.45, 2.75) is 13.0 Å². The number of fused-ring (bicyclic) bond motifs is 1. The summed E-state index contributed by atoms with van der Waals surface area (Å²) in [5.74, 6) is -0.422. The van der Waals surface area contributed by atoms with Crippen molar-refractivity contribution in [3.63, 3.8) is 0 Å². The van der Waals surface area contributed by atoms with E-state index in [0.29, 0.717) is 11.3 Å². The van der Waals surface area contributed by atoms with Crippen LogP contribution in [0.15, 0.2) is 23.1 Å². The van der Waals surface area contributed by atoms with Crippen LogP contribution in [0.2, 0.25) is 5.15 Å². The van der Waals surface area contributed by atoms with Crippen LogP contribution in [0.4, 0.5) is 14.5 Å². The number of hydrogen-bond donors (Lipinski definition) is 0. The number of nitro groups is 1. The molecule has 0 amide bonds. The zero-order chi connectivity index (χ0) is 15.1. The SMILES string of the molecule is CC(F)(F)Oc1cccn2c(=O)c([N+](=O)[O-])c(Cl)nc12. The molecular weight excluding hydrogens is 300 g/mol. The van der Waals surface area contributed by atoms with Gasteiger partial charge in [-0.05, 0) is 12.1 Å². The Labute approximate surface area is 114 Å². The number of alkyl halides is 2. The molecule has 2 heterocycles. The van der Waals surface area contributed by atoms with E-state index in [2.05, 4.69) is 9.72 Å². The van der Waals surface area contributed by atoms with Gasteiger partial charge in [-0.3, -0.25) is 19.3 Å². The third-order valence-electron chi connectivity index (χ3n) is 2.22. The summed E-state index contributed by atoms with van der Waals surface area (Å²) in [7, 11) is 0. The van der Waals surface area contributed by atoms with E-state index in [-0.39, 0.29) is 5.65 Å². The van der Waals surface area contributed by atoms with Crippen LogP contribution in [0.25, 0.3) is 5.65 Å². The molecule has 2 aromatic rings. The molecule has 2 rings (SSSR count). The smallest absolute Gasteiger partial charge is 0.395 e. The summed E-state index contributed by atoms with van der Waals surface area (Å²) in [6.45, 7) is 0.502. The molecule has 0 aliphatic rings. The number of pyridine rings is 1. The average Bonchev–Trinajstić information content (AvgIpc) is 2.28. The van der Waals surface area contributed by atoms with Crippen molar-refractivity contribution in [1.29, 1.82) is 0 Å². The fourth-order valence-corrected chi connectivity index (χ4v) is 1.76. The van der Waals surface area contributed by atoms with Crippen LogP contribution in [-0.4, -0.2) is 20.4 Å². The number of hydrogen-bond acceptors (Lipinski definition) is 5. The maximum absolute atomic E-state index is 12.9. The van der Waals surface area contributed by atoms with E-state index in [1.807, 2.05) is 0 Å². The molecule has 2 aromatic heterocycles. The van der Waals surface area contributed by atoms with Crippen LogP contribution in [-0.2, 0) is 0 Å². The van der Waals surface area contributed by atoms with Crippen molar-refractivity contribution in [3.8, 4) is 5.75 Å². The summed E-state index contributed by atoms with van der Waals surface area (Å²) >= 11 is 5.54. The van der Waals surface area contributed by atoms with Crippen molar-refractivity contribution in [2.75, 3.05) is 0 Å². The number of nitrogens with zero attached hydrogens (tertiary/aromatic N) is 3. The number of ether oxygens (including phenoxy) is 1. The van der Waals surface area contributed by atoms with Gasteiger partial charge in [-0.15, -0.1) is 0 Å². The zero-order valence-corrected chi connectivity index (χ0v) is 10.6. The minimum atomic E-state index is -3.51. The Hall–Kier alpha value is -2.29. The first kappa shape index (κ1) is 14.1. The normalized spacial score (nSPS) is 11.6. The van der Waals surface area contributed by atoms with E-state index in [4.69, 9.17) is 11.6 Å². The molecule has 0 fully saturated rings. The highest BCUT2D eigenvalue weighted by atomic mass is 35.5. The minimum absolute atomic E-state index is 0.338. The Kier molecular flexibility index (Phi) is 3.30. The Morgan fingerprint density at radius 1 is 1.55 bits per heavy atom. The van der Waals surface area contributed by atoms with Crippen LogP contribution in [0, 0.1) is 10.1 Å². The quantitative estimate of drug-likeness (QED) is 0.493. The molecule has 0 atom stereocenters. The van der Waals surface area contributed by atoms with Gasteiger partial charge in [0.15, 0.2) is 11.4 Å². The highest BCUT2D eigenvalue weighted by Crippen LogP contribution is 2.26. The molecule has 0 bridgehead atoms. The van der Waals surface area contributed by atoms with E-state index in [1.165, 1.54) is 6.07 Å². The second-order valence-corrected chi connectivity index (χ2v) is 4.15. The predicted octanol–water partition coefficient (Wildman–Crippen LogP) is 2.25. The topological polar surface area (TPSA) is 86.7 Å². The molecule has 0 saturated carbocycles. The van der Waals surface area contributed by atoms with Crippen LogP contribution in [0.5, 0.6) is 5.75 Å². The second-order valence-electron chi connectivity index (χ2n) is 3.79. The summed E-state index contributed by atoms with van der Waals surface area (Å²) in [4.78, 5) is 25.2. The molecule has 20 heavy (non-hydrogen) atoms. The summed E-state index contributed by atoms with van der Waals surface area (Å²) in [6.07, 6.45) is -2.37. The molecule has 0 aromatic carbocycles. The van der Waals surface area contributed by atoms with E-state index in [9.17, 15) is 23.7 Å².